The van der Waals surface area contributed by atoms with Crippen LogP contribution in [0, 0.1) is 5.92 Å². The van der Waals surface area contributed by atoms with Crippen molar-refractivity contribution < 1.29 is 14.9 Å². The van der Waals surface area contributed by atoms with Crippen LogP contribution in [0.1, 0.15) is 42.8 Å². The van der Waals surface area contributed by atoms with Crippen LogP contribution in [-0.4, -0.2) is 36.0 Å². The van der Waals surface area contributed by atoms with Crippen LogP contribution in [0.25, 0.3) is 0 Å². The summed E-state index contributed by atoms with van der Waals surface area (Å²) < 4.78 is 0. The Bertz CT molecular complexity index is 771. The number of hydrogen-bond donors (Lipinski definition) is 2. The minimum absolute atomic E-state index is 0.0442. The molecule has 0 spiro atoms. The molecule has 3 rings (SSSR count). The molecular formula is C21H28N3O2S+. The van der Waals surface area contributed by atoms with Crippen molar-refractivity contribution >= 4 is 23.3 Å². The van der Waals surface area contributed by atoms with E-state index < -0.39 is 0 Å². The molecule has 2 aromatic rings. The smallest absolute Gasteiger partial charge is 0.324 e. The Balaban J connectivity index is 1.78. The highest BCUT2D eigenvalue weighted by Gasteiger charge is 2.33. The van der Waals surface area contributed by atoms with Gasteiger partial charge < -0.3 is 10.6 Å². The Morgan fingerprint density at radius 3 is 2.52 bits per heavy atom. The summed E-state index contributed by atoms with van der Waals surface area (Å²) in [5.74, 6) is 0.489. The van der Waals surface area contributed by atoms with E-state index in [0.29, 0.717) is 19.0 Å². The van der Waals surface area contributed by atoms with Crippen LogP contribution in [0.3, 0.4) is 0 Å². The van der Waals surface area contributed by atoms with Crippen LogP contribution in [0.4, 0.5) is 4.79 Å². The molecule has 1 saturated heterocycles. The van der Waals surface area contributed by atoms with E-state index in [-0.39, 0.29) is 24.0 Å². The zero-order valence-electron chi connectivity index (χ0n) is 16.1. The molecule has 2 heterocycles. The van der Waals surface area contributed by atoms with E-state index in [2.05, 4.69) is 60.2 Å². The summed E-state index contributed by atoms with van der Waals surface area (Å²) in [6.45, 7) is 7.30. The molecule has 0 radical (unpaired) electrons. The highest BCUT2D eigenvalue weighted by Crippen LogP contribution is 2.24. The zero-order valence-corrected chi connectivity index (χ0v) is 17.0. The van der Waals surface area contributed by atoms with E-state index in [4.69, 9.17) is 0 Å². The van der Waals surface area contributed by atoms with Gasteiger partial charge in [-0.3, -0.25) is 9.69 Å². The number of hydrogen-bond acceptors (Lipinski definition) is 3. The average molecular weight is 387 g/mol. The van der Waals surface area contributed by atoms with Crippen LogP contribution in [0.15, 0.2) is 41.8 Å². The average Bonchev–Trinajstić information content (AvgIpc) is 3.31. The van der Waals surface area contributed by atoms with Crippen molar-refractivity contribution in [2.24, 2.45) is 5.92 Å². The number of amides is 3. The van der Waals surface area contributed by atoms with Gasteiger partial charge in [-0.25, -0.2) is 4.79 Å². The number of urea groups is 1. The third-order valence-electron chi connectivity index (χ3n) is 4.83. The van der Waals surface area contributed by atoms with Crippen molar-refractivity contribution in [3.8, 4) is 0 Å². The van der Waals surface area contributed by atoms with Crippen molar-refractivity contribution in [1.29, 1.82) is 0 Å². The standard InChI is InChI=1S/C21H27N3O2S/c1-14(2)13-16-6-8-17(9-7-16)19(18-5-4-12-27-18)23-15(3)20(25)24-11-10-22-21(24)26/h4-9,12,14-15,19,23H,10-11,13H2,1-3H3,(H,22,26)/p+1/t15-,19-/m1/s1. The number of thiophene rings is 1. The van der Waals surface area contributed by atoms with Gasteiger partial charge in [0.25, 0.3) is 5.91 Å². The van der Waals surface area contributed by atoms with Gasteiger partial charge in [-0.2, -0.15) is 0 Å². The van der Waals surface area contributed by atoms with Gasteiger partial charge >= 0.3 is 6.03 Å². The van der Waals surface area contributed by atoms with E-state index in [0.717, 1.165) is 6.42 Å². The van der Waals surface area contributed by atoms with E-state index in [9.17, 15) is 9.59 Å². The first-order valence-electron chi connectivity index (χ1n) is 9.52. The quantitative estimate of drug-likeness (QED) is 0.768. The lowest BCUT2D eigenvalue weighted by molar-refractivity contribution is -0.704. The predicted molar refractivity (Wildman–Crippen MR) is 108 cm³/mol. The van der Waals surface area contributed by atoms with Crippen LogP contribution in [0.2, 0.25) is 0 Å². The normalized spacial score (nSPS) is 16.4. The van der Waals surface area contributed by atoms with Crippen molar-refractivity contribution in [3.05, 3.63) is 57.8 Å². The Labute approximate surface area is 164 Å². The number of benzene rings is 1. The first kappa shape index (κ1) is 19.6. The molecule has 5 nitrogen and oxygen atoms in total. The summed E-state index contributed by atoms with van der Waals surface area (Å²) in [5, 5.41) is 6.82. The monoisotopic (exact) mass is 386 g/mol. The number of nitrogens with two attached hydrogens (primary N) is 1. The Morgan fingerprint density at radius 2 is 1.96 bits per heavy atom. The molecule has 0 aliphatic carbocycles. The lowest BCUT2D eigenvalue weighted by Crippen LogP contribution is -2.92. The number of carbonyl (C=O) groups is 2. The fourth-order valence-electron chi connectivity index (χ4n) is 3.47. The highest BCUT2D eigenvalue weighted by molar-refractivity contribution is 7.10. The molecule has 3 amide bonds. The molecule has 1 aromatic carbocycles. The maximum Gasteiger partial charge on any atom is 0.324 e. The molecular weight excluding hydrogens is 358 g/mol. The van der Waals surface area contributed by atoms with Gasteiger partial charge in [-0.15, -0.1) is 11.3 Å². The third kappa shape index (κ3) is 4.76. The third-order valence-corrected chi connectivity index (χ3v) is 5.78. The molecule has 144 valence electrons. The Morgan fingerprint density at radius 1 is 1.22 bits per heavy atom. The molecule has 0 saturated carbocycles. The van der Waals surface area contributed by atoms with Crippen LogP contribution >= 0.6 is 11.3 Å². The molecule has 3 N–H and O–H groups in total. The molecule has 1 aromatic heterocycles. The Hall–Kier alpha value is -2.18. The van der Waals surface area contributed by atoms with Gasteiger partial charge in [0.15, 0.2) is 6.04 Å². The van der Waals surface area contributed by atoms with Crippen molar-refractivity contribution in [2.45, 2.75) is 39.3 Å². The summed E-state index contributed by atoms with van der Waals surface area (Å²) in [6, 6.07) is 12.3. The van der Waals surface area contributed by atoms with E-state index in [1.807, 2.05) is 13.0 Å². The van der Waals surface area contributed by atoms with E-state index >= 15 is 0 Å². The Kier molecular flexibility index (Phi) is 6.29. The van der Waals surface area contributed by atoms with Gasteiger partial charge in [0.2, 0.25) is 0 Å². The summed E-state index contributed by atoms with van der Waals surface area (Å²) in [5.41, 5.74) is 2.51. The highest BCUT2D eigenvalue weighted by atomic mass is 32.1. The number of quaternary nitrogens is 1. The summed E-state index contributed by atoms with van der Waals surface area (Å²) in [6.07, 6.45) is 1.06. The second-order valence-corrected chi connectivity index (χ2v) is 8.51. The van der Waals surface area contributed by atoms with Gasteiger partial charge in [-0.1, -0.05) is 44.2 Å². The summed E-state index contributed by atoms with van der Waals surface area (Å²) >= 11 is 1.69. The molecule has 6 heteroatoms. The second-order valence-electron chi connectivity index (χ2n) is 7.54. The van der Waals surface area contributed by atoms with Gasteiger partial charge in [0.1, 0.15) is 6.04 Å². The topological polar surface area (TPSA) is 66.0 Å². The molecule has 1 aliphatic heterocycles. The predicted octanol–water partition coefficient (Wildman–Crippen LogP) is 2.54. The van der Waals surface area contributed by atoms with Gasteiger partial charge in [0, 0.05) is 18.7 Å². The van der Waals surface area contributed by atoms with Crippen molar-refractivity contribution in [3.63, 3.8) is 0 Å². The minimum Gasteiger partial charge on any atom is -0.336 e. The maximum atomic E-state index is 12.7. The number of nitrogens with zero attached hydrogens (tertiary/aromatic N) is 1. The van der Waals surface area contributed by atoms with E-state index in [1.165, 1.54) is 20.9 Å². The zero-order chi connectivity index (χ0) is 19.4. The molecule has 1 aliphatic rings. The van der Waals surface area contributed by atoms with Crippen LogP contribution < -0.4 is 10.6 Å². The number of rotatable bonds is 7. The lowest BCUT2D eigenvalue weighted by atomic mass is 9.98. The number of imide groups is 1. The number of nitrogens with one attached hydrogen (secondary N) is 1. The largest absolute Gasteiger partial charge is 0.336 e. The van der Waals surface area contributed by atoms with Crippen LogP contribution in [-0.2, 0) is 11.2 Å². The minimum atomic E-state index is -0.337. The van der Waals surface area contributed by atoms with E-state index in [1.54, 1.807) is 11.3 Å². The first-order chi connectivity index (χ1) is 13.0. The lowest BCUT2D eigenvalue weighted by Gasteiger charge is -2.22. The van der Waals surface area contributed by atoms with Gasteiger partial charge in [-0.05, 0) is 36.3 Å². The summed E-state index contributed by atoms with van der Waals surface area (Å²) in [4.78, 5) is 27.0. The fourth-order valence-corrected chi connectivity index (χ4v) is 4.30. The molecule has 2 atom stereocenters. The number of carbonyl (C=O) groups excluding carboxylic acids is 2. The molecule has 27 heavy (non-hydrogen) atoms. The fraction of sp³-hybridized carbons (Fsp3) is 0.429. The van der Waals surface area contributed by atoms with Crippen molar-refractivity contribution in [1.82, 2.24) is 10.2 Å². The maximum absolute atomic E-state index is 12.7. The van der Waals surface area contributed by atoms with Gasteiger partial charge in [0.05, 0.1) is 4.88 Å². The molecule has 0 bridgehead atoms. The second kappa shape index (κ2) is 8.67. The first-order valence-corrected chi connectivity index (χ1v) is 10.4. The SMILES string of the molecule is CC(C)Cc1ccc([C@@H]([NH2+][C@H](C)C(=O)N2CCNC2=O)c2cccs2)cc1. The summed E-state index contributed by atoms with van der Waals surface area (Å²) in [7, 11) is 0. The molecule has 1 fully saturated rings. The van der Waals surface area contributed by atoms with Crippen LogP contribution in [0.5, 0.6) is 0 Å². The molecule has 0 unspecified atom stereocenters. The van der Waals surface area contributed by atoms with Crippen molar-refractivity contribution in [2.75, 3.05) is 13.1 Å².